The monoisotopic (exact) mass is 200 g/mol. The predicted octanol–water partition coefficient (Wildman–Crippen LogP) is -0.330. The molecule has 5 heteroatoms. The molecule has 1 amide bonds. The van der Waals surface area contributed by atoms with E-state index in [1.807, 2.05) is 6.92 Å². The zero-order valence-electron chi connectivity index (χ0n) is 8.49. The molecule has 1 heterocycles. The highest BCUT2D eigenvalue weighted by Crippen LogP contribution is 2.09. The van der Waals surface area contributed by atoms with E-state index in [0.717, 1.165) is 13.0 Å². The number of nitrogens with one attached hydrogen (secondary N) is 1. The van der Waals surface area contributed by atoms with Gasteiger partial charge in [-0.2, -0.15) is 0 Å². The molecule has 80 valence electrons. The van der Waals surface area contributed by atoms with Crippen LogP contribution in [0.2, 0.25) is 0 Å². The third-order valence-corrected chi connectivity index (χ3v) is 2.51. The number of hydrogen-bond acceptors (Lipinski definition) is 3. The number of carbonyl (C=O) groups is 2. The van der Waals surface area contributed by atoms with Crippen LogP contribution in [0.1, 0.15) is 19.8 Å². The van der Waals surface area contributed by atoms with Gasteiger partial charge in [0.2, 0.25) is 5.91 Å². The molecule has 0 radical (unpaired) electrons. The summed E-state index contributed by atoms with van der Waals surface area (Å²) in [5, 5.41) is 11.4. The van der Waals surface area contributed by atoms with Crippen molar-refractivity contribution < 1.29 is 14.7 Å². The second kappa shape index (κ2) is 4.41. The van der Waals surface area contributed by atoms with Crippen LogP contribution in [0.15, 0.2) is 0 Å². The van der Waals surface area contributed by atoms with Crippen LogP contribution in [0.4, 0.5) is 0 Å². The molecule has 0 bridgehead atoms. The lowest BCUT2D eigenvalue weighted by atomic mass is 10.2. The van der Waals surface area contributed by atoms with Crippen molar-refractivity contribution in [3.05, 3.63) is 0 Å². The van der Waals surface area contributed by atoms with Gasteiger partial charge in [0, 0.05) is 12.6 Å². The van der Waals surface area contributed by atoms with Crippen molar-refractivity contribution >= 4 is 11.9 Å². The average Bonchev–Trinajstić information content (AvgIpc) is 2.18. The average molecular weight is 200 g/mol. The third-order valence-electron chi connectivity index (χ3n) is 2.51. The van der Waals surface area contributed by atoms with Gasteiger partial charge in [-0.25, -0.2) is 0 Å². The number of amides is 1. The zero-order valence-corrected chi connectivity index (χ0v) is 8.49. The molecule has 0 aliphatic carbocycles. The fraction of sp³-hybridized carbons (Fsp3) is 0.778. The van der Waals surface area contributed by atoms with Crippen molar-refractivity contribution in [2.45, 2.75) is 31.8 Å². The number of likely N-dealkylation sites (N-methyl/N-ethyl adjacent to an activating group) is 1. The molecule has 5 nitrogen and oxygen atoms in total. The number of nitrogens with zero attached hydrogens (tertiary/aromatic N) is 1. The van der Waals surface area contributed by atoms with Gasteiger partial charge in [0.1, 0.15) is 0 Å². The Kier molecular flexibility index (Phi) is 3.46. The van der Waals surface area contributed by atoms with Crippen molar-refractivity contribution in [1.29, 1.82) is 0 Å². The molecule has 2 N–H and O–H groups in total. The largest absolute Gasteiger partial charge is 0.481 e. The molecule has 1 aliphatic heterocycles. The molecule has 0 saturated carbocycles. The third kappa shape index (κ3) is 2.70. The topological polar surface area (TPSA) is 69.6 Å². The first-order valence-electron chi connectivity index (χ1n) is 4.73. The van der Waals surface area contributed by atoms with Crippen LogP contribution >= 0.6 is 0 Å². The fourth-order valence-corrected chi connectivity index (χ4v) is 1.58. The summed E-state index contributed by atoms with van der Waals surface area (Å²) in [6.07, 6.45) is 0.730. The Bertz CT molecular complexity index is 242. The summed E-state index contributed by atoms with van der Waals surface area (Å²) in [6.45, 7) is 2.67. The number of hydrogen-bond donors (Lipinski definition) is 2. The normalized spacial score (nSPS) is 29.4. The number of carboxylic acid groups (broad SMARTS) is 1. The summed E-state index contributed by atoms with van der Waals surface area (Å²) in [7, 11) is 1.78. The summed E-state index contributed by atoms with van der Waals surface area (Å²) in [4.78, 5) is 23.9. The lowest BCUT2D eigenvalue weighted by Gasteiger charge is -2.21. The van der Waals surface area contributed by atoms with Crippen LogP contribution in [0.3, 0.4) is 0 Å². The molecule has 1 saturated heterocycles. The van der Waals surface area contributed by atoms with E-state index in [2.05, 4.69) is 5.32 Å². The minimum atomic E-state index is -0.938. The summed E-state index contributed by atoms with van der Waals surface area (Å²) in [6, 6.07) is -0.402. The molecular weight excluding hydrogens is 184 g/mol. The number of aliphatic carboxylic acids is 1. The van der Waals surface area contributed by atoms with E-state index in [1.165, 1.54) is 0 Å². The van der Waals surface area contributed by atoms with Gasteiger partial charge in [-0.05, 0) is 20.4 Å². The van der Waals surface area contributed by atoms with E-state index in [1.54, 1.807) is 11.9 Å². The Labute approximate surface area is 83.1 Å². The Morgan fingerprint density at radius 1 is 1.71 bits per heavy atom. The van der Waals surface area contributed by atoms with E-state index in [4.69, 9.17) is 5.11 Å². The molecule has 0 aromatic rings. The van der Waals surface area contributed by atoms with Crippen LogP contribution in [0.5, 0.6) is 0 Å². The van der Waals surface area contributed by atoms with E-state index in [0.29, 0.717) is 0 Å². The minimum absolute atomic E-state index is 0.128. The van der Waals surface area contributed by atoms with Gasteiger partial charge < -0.3 is 10.4 Å². The second-order valence-electron chi connectivity index (χ2n) is 3.79. The summed E-state index contributed by atoms with van der Waals surface area (Å²) < 4.78 is 0. The Morgan fingerprint density at radius 3 is 2.93 bits per heavy atom. The van der Waals surface area contributed by atoms with Gasteiger partial charge >= 0.3 is 5.97 Å². The summed E-state index contributed by atoms with van der Waals surface area (Å²) >= 11 is 0. The van der Waals surface area contributed by atoms with Gasteiger partial charge in [-0.1, -0.05) is 0 Å². The van der Waals surface area contributed by atoms with Crippen molar-refractivity contribution in [2.24, 2.45) is 0 Å². The molecule has 0 aromatic carbocycles. The lowest BCUT2D eigenvalue weighted by molar-refractivity contribution is -0.141. The second-order valence-corrected chi connectivity index (χ2v) is 3.79. The van der Waals surface area contributed by atoms with Gasteiger partial charge in [-0.15, -0.1) is 0 Å². The van der Waals surface area contributed by atoms with E-state index in [-0.39, 0.29) is 18.4 Å². The lowest BCUT2D eigenvalue weighted by Crippen LogP contribution is -2.44. The van der Waals surface area contributed by atoms with Crippen LogP contribution in [0.25, 0.3) is 0 Å². The van der Waals surface area contributed by atoms with Crippen LogP contribution in [-0.2, 0) is 9.59 Å². The molecule has 2 atom stereocenters. The highest BCUT2D eigenvalue weighted by molar-refractivity contribution is 5.86. The van der Waals surface area contributed by atoms with Crippen LogP contribution in [0, 0.1) is 0 Å². The molecular formula is C9H16N2O3. The van der Waals surface area contributed by atoms with E-state index in [9.17, 15) is 9.59 Å². The molecule has 1 rings (SSSR count). The molecule has 1 aliphatic rings. The molecule has 0 aromatic heterocycles. The highest BCUT2D eigenvalue weighted by Gasteiger charge is 2.29. The van der Waals surface area contributed by atoms with E-state index >= 15 is 0 Å². The Balaban J connectivity index is 2.68. The quantitative estimate of drug-likeness (QED) is 0.640. The molecule has 0 spiro atoms. The number of rotatable bonds is 2. The van der Waals surface area contributed by atoms with Gasteiger partial charge in [-0.3, -0.25) is 14.5 Å². The van der Waals surface area contributed by atoms with Gasteiger partial charge in [0.05, 0.1) is 12.5 Å². The van der Waals surface area contributed by atoms with Crippen molar-refractivity contribution in [1.82, 2.24) is 10.2 Å². The first-order chi connectivity index (χ1) is 6.50. The summed E-state index contributed by atoms with van der Waals surface area (Å²) in [5.41, 5.74) is 0. The molecule has 14 heavy (non-hydrogen) atoms. The van der Waals surface area contributed by atoms with Crippen molar-refractivity contribution in [3.63, 3.8) is 0 Å². The number of carbonyl (C=O) groups excluding carboxylic acids is 1. The van der Waals surface area contributed by atoms with Gasteiger partial charge in [0.15, 0.2) is 0 Å². The SMILES string of the molecule is CC1CCN(C)C(CC(=O)O)C(=O)N1. The maximum absolute atomic E-state index is 11.6. The van der Waals surface area contributed by atoms with E-state index < -0.39 is 12.0 Å². The molecule has 1 fully saturated rings. The van der Waals surface area contributed by atoms with Crippen LogP contribution < -0.4 is 5.32 Å². The number of carboxylic acids is 1. The standard InChI is InChI=1S/C9H16N2O3/c1-6-3-4-11(2)7(5-8(12)13)9(14)10-6/h6-7H,3-5H2,1-2H3,(H,10,14)(H,12,13). The molecule has 2 unspecified atom stereocenters. The predicted molar refractivity (Wildman–Crippen MR) is 50.9 cm³/mol. The van der Waals surface area contributed by atoms with Crippen LogP contribution in [-0.4, -0.2) is 47.6 Å². The zero-order chi connectivity index (χ0) is 10.7. The fourth-order valence-electron chi connectivity index (χ4n) is 1.58. The first kappa shape index (κ1) is 11.0. The first-order valence-corrected chi connectivity index (χ1v) is 4.73. The Hall–Kier alpha value is -1.10. The van der Waals surface area contributed by atoms with Gasteiger partial charge in [0.25, 0.3) is 0 Å². The minimum Gasteiger partial charge on any atom is -0.481 e. The highest BCUT2D eigenvalue weighted by atomic mass is 16.4. The van der Waals surface area contributed by atoms with Crippen molar-refractivity contribution in [3.8, 4) is 0 Å². The maximum Gasteiger partial charge on any atom is 0.305 e. The maximum atomic E-state index is 11.6. The van der Waals surface area contributed by atoms with Crippen molar-refractivity contribution in [2.75, 3.05) is 13.6 Å². The Morgan fingerprint density at radius 2 is 2.36 bits per heavy atom. The summed E-state index contributed by atoms with van der Waals surface area (Å²) in [5.74, 6) is -1.12. The smallest absolute Gasteiger partial charge is 0.305 e.